The maximum atomic E-state index is 14.1. The second-order valence-corrected chi connectivity index (χ2v) is 6.75. The summed E-state index contributed by atoms with van der Waals surface area (Å²) >= 11 is 0. The Morgan fingerprint density at radius 3 is 2.71 bits per heavy atom. The van der Waals surface area contributed by atoms with Gasteiger partial charge in [0, 0.05) is 43.2 Å². The van der Waals surface area contributed by atoms with Gasteiger partial charge in [-0.3, -0.25) is 4.79 Å². The van der Waals surface area contributed by atoms with Crippen LogP contribution in [0.1, 0.15) is 12.0 Å². The number of amides is 1. The number of halogens is 1. The fourth-order valence-corrected chi connectivity index (χ4v) is 3.31. The van der Waals surface area contributed by atoms with E-state index in [1.54, 1.807) is 12.1 Å². The standard InChI is InChI=1S/C21H22FN3O3/c1-25(10-9-19-27-11-12-28-19)15-7-5-14(6-8-15)23-13-16-20-17(22)3-2-4-18(20)24-21(16)26/h2-8,13,19,23H,9-12H2,1H3,(H,24,26). The van der Waals surface area contributed by atoms with E-state index in [9.17, 15) is 9.18 Å². The van der Waals surface area contributed by atoms with Crippen LogP contribution in [-0.2, 0) is 14.3 Å². The highest BCUT2D eigenvalue weighted by atomic mass is 19.1. The number of nitrogens with zero attached hydrogens (tertiary/aromatic N) is 1. The van der Waals surface area contributed by atoms with Gasteiger partial charge in [-0.2, -0.15) is 0 Å². The number of anilines is 3. The highest BCUT2D eigenvalue weighted by molar-refractivity contribution is 6.31. The first-order valence-corrected chi connectivity index (χ1v) is 9.23. The van der Waals surface area contributed by atoms with Crippen molar-refractivity contribution < 1.29 is 18.7 Å². The summed E-state index contributed by atoms with van der Waals surface area (Å²) in [6, 6.07) is 12.4. The van der Waals surface area contributed by atoms with Gasteiger partial charge in [-0.05, 0) is 36.4 Å². The third kappa shape index (κ3) is 3.85. The fourth-order valence-electron chi connectivity index (χ4n) is 3.31. The van der Waals surface area contributed by atoms with Crippen LogP contribution in [0.3, 0.4) is 0 Å². The number of fused-ring (bicyclic) bond motifs is 1. The van der Waals surface area contributed by atoms with Crippen LogP contribution in [0.15, 0.2) is 48.7 Å². The van der Waals surface area contributed by atoms with Gasteiger partial charge in [-0.15, -0.1) is 0 Å². The number of hydrogen-bond acceptors (Lipinski definition) is 5. The molecule has 0 unspecified atom stereocenters. The first-order valence-electron chi connectivity index (χ1n) is 9.23. The molecular weight excluding hydrogens is 361 g/mol. The number of nitrogens with one attached hydrogen (secondary N) is 2. The molecule has 1 saturated heterocycles. The second-order valence-electron chi connectivity index (χ2n) is 6.75. The fraction of sp³-hybridized carbons (Fsp3) is 0.286. The number of rotatable bonds is 6. The summed E-state index contributed by atoms with van der Waals surface area (Å²) in [5, 5.41) is 5.75. The molecule has 0 atom stereocenters. The quantitative estimate of drug-likeness (QED) is 0.749. The van der Waals surface area contributed by atoms with E-state index in [1.807, 2.05) is 31.3 Å². The Labute approximate surface area is 162 Å². The Hall–Kier alpha value is -2.90. The molecule has 0 aliphatic carbocycles. The van der Waals surface area contributed by atoms with Gasteiger partial charge in [-0.1, -0.05) is 6.07 Å². The zero-order valence-electron chi connectivity index (χ0n) is 15.6. The molecule has 1 amide bonds. The molecular formula is C21H22FN3O3. The minimum atomic E-state index is -0.420. The van der Waals surface area contributed by atoms with E-state index in [1.165, 1.54) is 12.3 Å². The normalized spacial score (nSPS) is 17.6. The lowest BCUT2D eigenvalue weighted by Crippen LogP contribution is -2.23. The van der Waals surface area contributed by atoms with Gasteiger partial charge in [0.05, 0.1) is 24.5 Å². The average Bonchev–Trinajstić information content (AvgIpc) is 3.33. The van der Waals surface area contributed by atoms with Crippen LogP contribution in [0.2, 0.25) is 0 Å². The molecule has 0 bridgehead atoms. The van der Waals surface area contributed by atoms with Crippen molar-refractivity contribution in [3.05, 3.63) is 60.0 Å². The Morgan fingerprint density at radius 1 is 1.21 bits per heavy atom. The van der Waals surface area contributed by atoms with E-state index in [2.05, 4.69) is 15.5 Å². The number of ether oxygens (including phenoxy) is 2. The van der Waals surface area contributed by atoms with Gasteiger partial charge in [0.1, 0.15) is 5.82 Å². The predicted molar refractivity (Wildman–Crippen MR) is 107 cm³/mol. The summed E-state index contributed by atoms with van der Waals surface area (Å²) in [4.78, 5) is 14.2. The molecule has 2 aromatic rings. The van der Waals surface area contributed by atoms with Crippen LogP contribution in [0, 0.1) is 5.82 Å². The van der Waals surface area contributed by atoms with Crippen LogP contribution in [0.5, 0.6) is 0 Å². The lowest BCUT2D eigenvalue weighted by atomic mass is 10.1. The van der Waals surface area contributed by atoms with Crippen molar-refractivity contribution in [2.75, 3.05) is 42.3 Å². The number of benzene rings is 2. The molecule has 2 heterocycles. The molecule has 7 heteroatoms. The maximum absolute atomic E-state index is 14.1. The first-order chi connectivity index (χ1) is 13.6. The van der Waals surface area contributed by atoms with Gasteiger partial charge < -0.3 is 25.0 Å². The molecule has 4 rings (SSSR count). The van der Waals surface area contributed by atoms with E-state index in [0.29, 0.717) is 24.5 Å². The predicted octanol–water partition coefficient (Wildman–Crippen LogP) is 3.43. The second kappa shape index (κ2) is 8.00. The van der Waals surface area contributed by atoms with Gasteiger partial charge >= 0.3 is 0 Å². The van der Waals surface area contributed by atoms with Crippen LogP contribution >= 0.6 is 0 Å². The lowest BCUT2D eigenvalue weighted by molar-refractivity contribution is -0.110. The Morgan fingerprint density at radius 2 is 1.96 bits per heavy atom. The number of hydrogen-bond donors (Lipinski definition) is 2. The summed E-state index contributed by atoms with van der Waals surface area (Å²) in [5.74, 6) is -0.739. The van der Waals surface area contributed by atoms with E-state index in [0.717, 1.165) is 24.3 Å². The smallest absolute Gasteiger partial charge is 0.257 e. The van der Waals surface area contributed by atoms with Crippen molar-refractivity contribution in [3.8, 4) is 0 Å². The van der Waals surface area contributed by atoms with Gasteiger partial charge in [0.2, 0.25) is 0 Å². The number of carbonyl (C=O) groups excluding carboxylic acids is 1. The summed E-state index contributed by atoms with van der Waals surface area (Å²) in [6.45, 7) is 2.14. The van der Waals surface area contributed by atoms with Crippen molar-refractivity contribution in [3.63, 3.8) is 0 Å². The highest BCUT2D eigenvalue weighted by Crippen LogP contribution is 2.33. The van der Waals surface area contributed by atoms with Gasteiger partial charge in [-0.25, -0.2) is 4.39 Å². The molecule has 28 heavy (non-hydrogen) atoms. The zero-order chi connectivity index (χ0) is 19.5. The molecule has 2 aliphatic heterocycles. The zero-order valence-corrected chi connectivity index (χ0v) is 15.6. The van der Waals surface area contributed by atoms with Gasteiger partial charge in [0.15, 0.2) is 6.29 Å². The maximum Gasteiger partial charge on any atom is 0.257 e. The SMILES string of the molecule is CN(CCC1OCCO1)c1ccc(NC=C2C(=O)Nc3cccc(F)c32)cc1. The van der Waals surface area contributed by atoms with Crippen molar-refractivity contribution in [2.24, 2.45) is 0 Å². The van der Waals surface area contributed by atoms with E-state index in [4.69, 9.17) is 9.47 Å². The summed E-state index contributed by atoms with van der Waals surface area (Å²) in [6.07, 6.45) is 2.23. The Kier molecular flexibility index (Phi) is 5.27. The highest BCUT2D eigenvalue weighted by Gasteiger charge is 2.27. The summed E-state index contributed by atoms with van der Waals surface area (Å²) in [7, 11) is 2.02. The minimum Gasteiger partial charge on any atom is -0.374 e. The molecule has 146 valence electrons. The van der Waals surface area contributed by atoms with Crippen molar-refractivity contribution in [1.29, 1.82) is 0 Å². The van der Waals surface area contributed by atoms with Crippen LogP contribution in [-0.4, -0.2) is 39.0 Å². The molecule has 2 N–H and O–H groups in total. The van der Waals surface area contributed by atoms with Crippen LogP contribution in [0.4, 0.5) is 21.5 Å². The largest absolute Gasteiger partial charge is 0.374 e. The molecule has 0 aromatic heterocycles. The Balaban J connectivity index is 1.40. The third-order valence-corrected chi connectivity index (χ3v) is 4.86. The monoisotopic (exact) mass is 383 g/mol. The molecule has 6 nitrogen and oxygen atoms in total. The molecule has 0 spiro atoms. The molecule has 1 fully saturated rings. The number of carbonyl (C=O) groups is 1. The molecule has 2 aromatic carbocycles. The minimum absolute atomic E-state index is 0.115. The summed E-state index contributed by atoms with van der Waals surface area (Å²) in [5.41, 5.74) is 2.94. The van der Waals surface area contributed by atoms with E-state index >= 15 is 0 Å². The molecule has 2 aliphatic rings. The molecule has 0 saturated carbocycles. The topological polar surface area (TPSA) is 62.8 Å². The Bertz CT molecular complexity index is 892. The van der Waals surface area contributed by atoms with Gasteiger partial charge in [0.25, 0.3) is 5.91 Å². The van der Waals surface area contributed by atoms with Crippen LogP contribution < -0.4 is 15.5 Å². The van der Waals surface area contributed by atoms with Crippen LogP contribution in [0.25, 0.3) is 5.57 Å². The first kappa shape index (κ1) is 18.5. The van der Waals surface area contributed by atoms with Crippen molar-refractivity contribution in [1.82, 2.24) is 0 Å². The lowest BCUT2D eigenvalue weighted by Gasteiger charge is -2.21. The van der Waals surface area contributed by atoms with Crippen molar-refractivity contribution >= 4 is 28.5 Å². The van der Waals surface area contributed by atoms with Crippen molar-refractivity contribution in [2.45, 2.75) is 12.7 Å². The summed E-state index contributed by atoms with van der Waals surface area (Å²) < 4.78 is 25.0. The molecule has 0 radical (unpaired) electrons. The van der Waals surface area contributed by atoms with E-state index < -0.39 is 5.82 Å². The van der Waals surface area contributed by atoms with E-state index in [-0.39, 0.29) is 17.8 Å². The third-order valence-electron chi connectivity index (χ3n) is 4.86. The average molecular weight is 383 g/mol.